The largest absolute Gasteiger partial charge is 0.341 e. The van der Waals surface area contributed by atoms with Gasteiger partial charge in [-0.05, 0) is 41.8 Å². The first-order valence-electron chi connectivity index (χ1n) is 13.3. The third-order valence-corrected chi connectivity index (χ3v) is 8.08. The van der Waals surface area contributed by atoms with Gasteiger partial charge in [0.1, 0.15) is 5.82 Å². The van der Waals surface area contributed by atoms with E-state index in [0.29, 0.717) is 30.7 Å². The molecule has 1 aliphatic rings. The molecule has 2 N–H and O–H groups in total. The fraction of sp³-hybridized carbons (Fsp3) is 0.300. The lowest BCUT2D eigenvalue weighted by molar-refractivity contribution is 0.495. The minimum atomic E-state index is -0.0394. The number of imidazole rings is 1. The molecule has 1 fully saturated rings. The summed E-state index contributed by atoms with van der Waals surface area (Å²) < 4.78 is 3.91. The van der Waals surface area contributed by atoms with E-state index < -0.39 is 0 Å². The van der Waals surface area contributed by atoms with Crippen LogP contribution in [0.5, 0.6) is 0 Å². The molecule has 1 aliphatic heterocycles. The fourth-order valence-electron chi connectivity index (χ4n) is 5.31. The van der Waals surface area contributed by atoms with Crippen molar-refractivity contribution in [3.63, 3.8) is 0 Å². The molecule has 7 nitrogen and oxygen atoms in total. The van der Waals surface area contributed by atoms with E-state index >= 15 is 0 Å². The molecule has 2 aromatic carbocycles. The van der Waals surface area contributed by atoms with E-state index in [2.05, 4.69) is 39.8 Å². The summed E-state index contributed by atoms with van der Waals surface area (Å²) in [4.78, 5) is 27.7. The van der Waals surface area contributed by atoms with Crippen LogP contribution in [-0.2, 0) is 25.9 Å². The number of anilines is 1. The van der Waals surface area contributed by atoms with Crippen molar-refractivity contribution in [2.75, 3.05) is 18.0 Å². The Hall–Kier alpha value is -3.75. The second-order valence-electron chi connectivity index (χ2n) is 9.99. The predicted molar refractivity (Wildman–Crippen MR) is 154 cm³/mol. The molecule has 0 aliphatic carbocycles. The molecule has 0 bridgehead atoms. The summed E-state index contributed by atoms with van der Waals surface area (Å²) in [5.41, 5.74) is 9.73. The number of aryl methyl sites for hydroxylation is 2. The van der Waals surface area contributed by atoms with Crippen molar-refractivity contribution in [2.45, 2.75) is 44.8 Å². The lowest BCUT2D eigenvalue weighted by Crippen LogP contribution is -2.44. The molecule has 0 radical (unpaired) electrons. The summed E-state index contributed by atoms with van der Waals surface area (Å²) in [5, 5.41) is 2.05. The van der Waals surface area contributed by atoms with Gasteiger partial charge in [0, 0.05) is 30.4 Å². The molecule has 1 atom stereocenters. The van der Waals surface area contributed by atoms with Crippen LogP contribution in [0.2, 0.25) is 0 Å². The van der Waals surface area contributed by atoms with E-state index in [4.69, 9.17) is 15.7 Å². The van der Waals surface area contributed by atoms with Crippen LogP contribution in [0, 0.1) is 0 Å². The third kappa shape index (κ3) is 5.14. The number of nitrogens with two attached hydrogens (primary N) is 1. The van der Waals surface area contributed by atoms with Crippen molar-refractivity contribution in [1.29, 1.82) is 0 Å². The van der Waals surface area contributed by atoms with E-state index in [1.165, 1.54) is 5.56 Å². The summed E-state index contributed by atoms with van der Waals surface area (Å²) in [6, 6.07) is 24.8. The molecule has 5 aromatic rings. The van der Waals surface area contributed by atoms with Gasteiger partial charge in [0.05, 0.1) is 13.1 Å². The zero-order valence-corrected chi connectivity index (χ0v) is 22.2. The Balaban J connectivity index is 1.49. The van der Waals surface area contributed by atoms with Crippen LogP contribution in [-0.4, -0.2) is 38.2 Å². The van der Waals surface area contributed by atoms with Crippen LogP contribution >= 0.6 is 11.3 Å². The van der Waals surface area contributed by atoms with Gasteiger partial charge in [-0.1, -0.05) is 66.7 Å². The quantitative estimate of drug-likeness (QED) is 0.324. The van der Waals surface area contributed by atoms with Crippen molar-refractivity contribution < 1.29 is 0 Å². The molecule has 194 valence electrons. The van der Waals surface area contributed by atoms with Crippen molar-refractivity contribution in [3.05, 3.63) is 110 Å². The van der Waals surface area contributed by atoms with Crippen LogP contribution in [0.25, 0.3) is 11.2 Å². The molecular weight excluding hydrogens is 492 g/mol. The summed E-state index contributed by atoms with van der Waals surface area (Å²) >= 11 is 1.66. The van der Waals surface area contributed by atoms with Gasteiger partial charge in [0.15, 0.2) is 11.2 Å². The number of hydrogen-bond acceptors (Lipinski definition) is 6. The van der Waals surface area contributed by atoms with Gasteiger partial charge >= 0.3 is 0 Å². The lowest BCUT2D eigenvalue weighted by Gasteiger charge is -2.31. The van der Waals surface area contributed by atoms with Crippen molar-refractivity contribution in [2.24, 2.45) is 5.73 Å². The number of rotatable bonds is 8. The molecule has 8 heteroatoms. The first-order chi connectivity index (χ1) is 18.7. The minimum Gasteiger partial charge on any atom is -0.341 e. The van der Waals surface area contributed by atoms with Crippen molar-refractivity contribution >= 4 is 28.4 Å². The Morgan fingerprint density at radius 1 is 0.868 bits per heavy atom. The summed E-state index contributed by atoms with van der Waals surface area (Å²) in [7, 11) is 0. The zero-order valence-electron chi connectivity index (χ0n) is 21.4. The second kappa shape index (κ2) is 10.9. The smallest absolute Gasteiger partial charge is 0.280 e. The van der Waals surface area contributed by atoms with Gasteiger partial charge < -0.3 is 10.6 Å². The Labute approximate surface area is 226 Å². The van der Waals surface area contributed by atoms with Gasteiger partial charge in [-0.15, -0.1) is 11.3 Å². The number of thiophene rings is 1. The van der Waals surface area contributed by atoms with Gasteiger partial charge in [-0.3, -0.25) is 13.9 Å². The van der Waals surface area contributed by atoms with Crippen LogP contribution in [0.3, 0.4) is 0 Å². The van der Waals surface area contributed by atoms with E-state index in [9.17, 15) is 4.79 Å². The fourth-order valence-corrected chi connectivity index (χ4v) is 6.00. The van der Waals surface area contributed by atoms with Crippen LogP contribution in [0.4, 0.5) is 5.95 Å². The van der Waals surface area contributed by atoms with E-state index in [1.54, 1.807) is 11.3 Å². The highest BCUT2D eigenvalue weighted by Crippen LogP contribution is 2.25. The number of piperidine rings is 1. The molecule has 0 amide bonds. The van der Waals surface area contributed by atoms with Gasteiger partial charge in [-0.2, -0.15) is 4.98 Å². The number of hydrogen-bond donors (Lipinski definition) is 1. The minimum absolute atomic E-state index is 0.0394. The standard InChI is InChI=1S/C30H32N6OS/c31-24-13-7-17-34(20-24)30-33-28-27(36(30)19-23-11-5-2-6-12-23)29(37)35(21-25-14-8-18-38-25)26(32-28)16-15-22-9-3-1-4-10-22/h1-6,8-12,14,18,24H,7,13,15-17,19-21,31H2. The highest BCUT2D eigenvalue weighted by Gasteiger charge is 2.26. The Morgan fingerprint density at radius 2 is 1.63 bits per heavy atom. The maximum Gasteiger partial charge on any atom is 0.280 e. The normalized spacial score (nSPS) is 15.8. The maximum absolute atomic E-state index is 14.3. The van der Waals surface area contributed by atoms with E-state index in [-0.39, 0.29) is 11.6 Å². The number of nitrogens with zero attached hydrogens (tertiary/aromatic N) is 5. The van der Waals surface area contributed by atoms with Crippen LogP contribution in [0.15, 0.2) is 83.0 Å². The monoisotopic (exact) mass is 524 g/mol. The Bertz CT molecular complexity index is 1560. The van der Waals surface area contributed by atoms with Gasteiger partial charge in [0.2, 0.25) is 5.95 Å². The van der Waals surface area contributed by atoms with Crippen LogP contribution in [0.1, 0.15) is 34.7 Å². The molecule has 4 heterocycles. The molecule has 0 saturated carbocycles. The lowest BCUT2D eigenvalue weighted by atomic mass is 10.1. The van der Waals surface area contributed by atoms with Crippen LogP contribution < -0.4 is 16.2 Å². The Morgan fingerprint density at radius 3 is 2.34 bits per heavy atom. The van der Waals surface area contributed by atoms with Crippen molar-refractivity contribution in [1.82, 2.24) is 19.1 Å². The second-order valence-corrected chi connectivity index (χ2v) is 11.0. The first-order valence-corrected chi connectivity index (χ1v) is 14.1. The molecule has 0 spiro atoms. The average Bonchev–Trinajstić information content (AvgIpc) is 3.59. The summed E-state index contributed by atoms with van der Waals surface area (Å²) in [5.74, 6) is 1.55. The number of benzene rings is 2. The van der Waals surface area contributed by atoms with E-state index in [1.807, 2.05) is 52.4 Å². The molecule has 38 heavy (non-hydrogen) atoms. The molecule has 1 saturated heterocycles. The maximum atomic E-state index is 14.3. The van der Waals surface area contributed by atoms with Crippen molar-refractivity contribution in [3.8, 4) is 0 Å². The number of aromatic nitrogens is 4. The molecule has 6 rings (SSSR count). The molecule has 3 aromatic heterocycles. The SMILES string of the molecule is NC1CCCN(c2nc3nc(CCc4ccccc4)n(Cc4cccs4)c(=O)c3n2Cc2ccccc2)C1. The number of fused-ring (bicyclic) bond motifs is 1. The topological polar surface area (TPSA) is 82.0 Å². The third-order valence-electron chi connectivity index (χ3n) is 7.22. The molecule has 1 unspecified atom stereocenters. The Kier molecular flexibility index (Phi) is 7.07. The average molecular weight is 525 g/mol. The van der Waals surface area contributed by atoms with E-state index in [0.717, 1.165) is 54.6 Å². The van der Waals surface area contributed by atoms with Gasteiger partial charge in [-0.25, -0.2) is 4.98 Å². The summed E-state index contributed by atoms with van der Waals surface area (Å²) in [6.45, 7) is 2.65. The predicted octanol–water partition coefficient (Wildman–Crippen LogP) is 4.46. The highest BCUT2D eigenvalue weighted by atomic mass is 32.1. The first kappa shape index (κ1) is 24.6. The highest BCUT2D eigenvalue weighted by molar-refractivity contribution is 7.09. The molecular formula is C30H32N6OS. The van der Waals surface area contributed by atoms with Gasteiger partial charge in [0.25, 0.3) is 5.56 Å². The zero-order chi connectivity index (χ0) is 25.9. The summed E-state index contributed by atoms with van der Waals surface area (Å²) in [6.07, 6.45) is 3.48.